The highest BCUT2D eigenvalue weighted by Gasteiger charge is 2.16. The molecule has 0 bridgehead atoms. The predicted molar refractivity (Wildman–Crippen MR) is 67.7 cm³/mol. The van der Waals surface area contributed by atoms with Crippen molar-refractivity contribution in [3.8, 4) is 5.75 Å². The Morgan fingerprint density at radius 3 is 2.70 bits per heavy atom. The number of aliphatic hydroxyl groups excluding tert-OH is 1. The van der Waals surface area contributed by atoms with Crippen LogP contribution >= 0.6 is 0 Å². The van der Waals surface area contributed by atoms with Crippen molar-refractivity contribution in [2.75, 3.05) is 26.4 Å². The van der Waals surface area contributed by atoms with E-state index in [4.69, 9.17) is 14.2 Å². The third-order valence-corrected chi connectivity index (χ3v) is 3.02. The summed E-state index contributed by atoms with van der Waals surface area (Å²) in [6, 6.07) is 3.03. The molecule has 0 aromatic heterocycles. The summed E-state index contributed by atoms with van der Waals surface area (Å²) < 4.78 is 41.8. The van der Waals surface area contributed by atoms with E-state index in [1.807, 2.05) is 0 Å². The molecule has 4 nitrogen and oxygen atoms in total. The standard InChI is InChI=1S/C14H18F2O4/c15-10-1-2-14(13(16)7-10)20-9-11(17)8-19-12-3-5-18-6-4-12/h1-2,7,11-12,17H,3-6,8-9H2/t11-/m0/s1. The molecule has 1 aromatic rings. The summed E-state index contributed by atoms with van der Waals surface area (Å²) in [6.45, 7) is 1.34. The Hall–Kier alpha value is -1.24. The van der Waals surface area contributed by atoms with Crippen LogP contribution in [-0.4, -0.2) is 43.7 Å². The molecule has 0 amide bonds. The van der Waals surface area contributed by atoms with Gasteiger partial charge in [-0.05, 0) is 25.0 Å². The summed E-state index contributed by atoms with van der Waals surface area (Å²) in [4.78, 5) is 0. The van der Waals surface area contributed by atoms with Crippen molar-refractivity contribution in [1.29, 1.82) is 0 Å². The third-order valence-electron chi connectivity index (χ3n) is 3.02. The van der Waals surface area contributed by atoms with Crippen LogP contribution in [0.5, 0.6) is 5.75 Å². The summed E-state index contributed by atoms with van der Waals surface area (Å²) >= 11 is 0. The molecule has 0 radical (unpaired) electrons. The first-order valence-corrected chi connectivity index (χ1v) is 6.60. The van der Waals surface area contributed by atoms with Gasteiger partial charge < -0.3 is 19.3 Å². The Morgan fingerprint density at radius 2 is 2.00 bits per heavy atom. The minimum Gasteiger partial charge on any atom is -0.488 e. The van der Waals surface area contributed by atoms with Crippen LogP contribution in [0, 0.1) is 11.6 Å². The molecule has 0 aliphatic carbocycles. The van der Waals surface area contributed by atoms with Crippen LogP contribution in [0.4, 0.5) is 8.78 Å². The first kappa shape index (κ1) is 15.2. The van der Waals surface area contributed by atoms with Crippen molar-refractivity contribution >= 4 is 0 Å². The lowest BCUT2D eigenvalue weighted by Gasteiger charge is -2.23. The molecular weight excluding hydrogens is 270 g/mol. The maximum atomic E-state index is 13.3. The van der Waals surface area contributed by atoms with Gasteiger partial charge in [-0.3, -0.25) is 0 Å². The zero-order valence-electron chi connectivity index (χ0n) is 11.1. The van der Waals surface area contributed by atoms with Gasteiger partial charge in [-0.1, -0.05) is 0 Å². The second kappa shape index (κ2) is 7.52. The maximum absolute atomic E-state index is 13.3. The van der Waals surface area contributed by atoms with E-state index in [1.165, 1.54) is 6.07 Å². The Balaban J connectivity index is 1.70. The normalized spacial score (nSPS) is 17.9. The van der Waals surface area contributed by atoms with Crippen molar-refractivity contribution < 1.29 is 28.1 Å². The summed E-state index contributed by atoms with van der Waals surface area (Å²) in [5, 5.41) is 9.71. The average molecular weight is 288 g/mol. The summed E-state index contributed by atoms with van der Waals surface area (Å²) in [5.74, 6) is -1.54. The molecule has 1 heterocycles. The van der Waals surface area contributed by atoms with Gasteiger partial charge in [0.25, 0.3) is 0 Å². The molecule has 1 fully saturated rings. The van der Waals surface area contributed by atoms with Crippen LogP contribution < -0.4 is 4.74 Å². The van der Waals surface area contributed by atoms with Gasteiger partial charge in [0.05, 0.1) is 12.7 Å². The SMILES string of the molecule is O[C@H](COc1ccc(F)cc1F)COC1CCOCC1. The lowest BCUT2D eigenvalue weighted by atomic mass is 10.1. The molecular formula is C14H18F2O4. The molecule has 1 saturated heterocycles. The van der Waals surface area contributed by atoms with Gasteiger partial charge in [-0.2, -0.15) is 0 Å². The molecule has 0 unspecified atom stereocenters. The minimum absolute atomic E-state index is 0.0842. The van der Waals surface area contributed by atoms with E-state index < -0.39 is 17.7 Å². The zero-order chi connectivity index (χ0) is 14.4. The second-order valence-corrected chi connectivity index (χ2v) is 4.68. The maximum Gasteiger partial charge on any atom is 0.167 e. The van der Waals surface area contributed by atoms with E-state index >= 15 is 0 Å². The number of rotatable bonds is 6. The third kappa shape index (κ3) is 4.70. The van der Waals surface area contributed by atoms with Crippen LogP contribution in [0.25, 0.3) is 0 Å². The second-order valence-electron chi connectivity index (χ2n) is 4.68. The molecule has 6 heteroatoms. The molecule has 112 valence electrons. The summed E-state index contributed by atoms with van der Waals surface area (Å²) in [5.41, 5.74) is 0. The number of halogens is 2. The predicted octanol–water partition coefficient (Wildman–Crippen LogP) is 1.90. The van der Waals surface area contributed by atoms with E-state index in [1.54, 1.807) is 0 Å². The Labute approximate surface area is 116 Å². The van der Waals surface area contributed by atoms with E-state index in [2.05, 4.69) is 0 Å². The van der Waals surface area contributed by atoms with Crippen molar-refractivity contribution in [1.82, 2.24) is 0 Å². The topological polar surface area (TPSA) is 47.9 Å². The van der Waals surface area contributed by atoms with Gasteiger partial charge in [-0.15, -0.1) is 0 Å². The summed E-state index contributed by atoms with van der Waals surface area (Å²) in [7, 11) is 0. The highest BCUT2D eigenvalue weighted by Crippen LogP contribution is 2.18. The first-order chi connectivity index (χ1) is 9.65. The Morgan fingerprint density at radius 1 is 1.25 bits per heavy atom. The van der Waals surface area contributed by atoms with Gasteiger partial charge in [0.15, 0.2) is 11.6 Å². The molecule has 2 rings (SSSR count). The molecule has 0 saturated carbocycles. The van der Waals surface area contributed by atoms with Crippen LogP contribution in [0.1, 0.15) is 12.8 Å². The van der Waals surface area contributed by atoms with E-state index in [0.29, 0.717) is 13.2 Å². The number of ether oxygens (including phenoxy) is 3. The largest absolute Gasteiger partial charge is 0.488 e. The van der Waals surface area contributed by atoms with Crippen molar-refractivity contribution in [3.63, 3.8) is 0 Å². The molecule has 1 aliphatic rings. The monoisotopic (exact) mass is 288 g/mol. The molecule has 1 aromatic carbocycles. The molecule has 1 aliphatic heterocycles. The number of hydrogen-bond acceptors (Lipinski definition) is 4. The minimum atomic E-state index is -0.859. The van der Waals surface area contributed by atoms with Gasteiger partial charge >= 0.3 is 0 Å². The van der Waals surface area contributed by atoms with Gasteiger partial charge in [-0.25, -0.2) is 8.78 Å². The van der Waals surface area contributed by atoms with E-state index in [-0.39, 0.29) is 25.1 Å². The molecule has 20 heavy (non-hydrogen) atoms. The number of benzene rings is 1. The Kier molecular flexibility index (Phi) is 5.70. The fourth-order valence-corrected chi connectivity index (χ4v) is 1.92. The lowest BCUT2D eigenvalue weighted by molar-refractivity contribution is -0.0661. The van der Waals surface area contributed by atoms with E-state index in [9.17, 15) is 13.9 Å². The van der Waals surface area contributed by atoms with Crippen LogP contribution in [0.3, 0.4) is 0 Å². The van der Waals surface area contributed by atoms with Crippen LogP contribution in [0.2, 0.25) is 0 Å². The Bertz CT molecular complexity index is 422. The van der Waals surface area contributed by atoms with Crippen molar-refractivity contribution in [2.24, 2.45) is 0 Å². The van der Waals surface area contributed by atoms with Gasteiger partial charge in [0.1, 0.15) is 18.5 Å². The molecule has 1 N–H and O–H groups in total. The van der Waals surface area contributed by atoms with Crippen LogP contribution in [-0.2, 0) is 9.47 Å². The fraction of sp³-hybridized carbons (Fsp3) is 0.571. The fourth-order valence-electron chi connectivity index (χ4n) is 1.92. The summed E-state index contributed by atoms with van der Waals surface area (Å²) in [6.07, 6.45) is 0.837. The van der Waals surface area contributed by atoms with E-state index in [0.717, 1.165) is 25.0 Å². The number of aliphatic hydroxyl groups is 1. The first-order valence-electron chi connectivity index (χ1n) is 6.60. The highest BCUT2D eigenvalue weighted by atomic mass is 19.1. The number of hydrogen-bond donors (Lipinski definition) is 1. The quantitative estimate of drug-likeness (QED) is 0.868. The smallest absolute Gasteiger partial charge is 0.167 e. The lowest BCUT2D eigenvalue weighted by Crippen LogP contribution is -2.30. The van der Waals surface area contributed by atoms with Gasteiger partial charge in [0.2, 0.25) is 0 Å². The van der Waals surface area contributed by atoms with Crippen molar-refractivity contribution in [3.05, 3.63) is 29.8 Å². The van der Waals surface area contributed by atoms with Gasteiger partial charge in [0, 0.05) is 19.3 Å². The van der Waals surface area contributed by atoms with Crippen molar-refractivity contribution in [2.45, 2.75) is 25.0 Å². The molecule has 0 spiro atoms. The average Bonchev–Trinajstić information content (AvgIpc) is 2.45. The molecule has 1 atom stereocenters. The zero-order valence-corrected chi connectivity index (χ0v) is 11.1. The van der Waals surface area contributed by atoms with Crippen LogP contribution in [0.15, 0.2) is 18.2 Å². The highest BCUT2D eigenvalue weighted by molar-refractivity contribution is 5.24.